The van der Waals surface area contributed by atoms with Crippen LogP contribution in [0.4, 0.5) is 0 Å². The van der Waals surface area contributed by atoms with Crippen molar-refractivity contribution < 1.29 is 13.2 Å². The predicted octanol–water partition coefficient (Wildman–Crippen LogP) is 2.99. The van der Waals surface area contributed by atoms with E-state index in [1.807, 2.05) is 30.5 Å². The number of hydrogen-bond donors (Lipinski definition) is 2. The maximum Gasteiger partial charge on any atom is 0.247 e. The molecule has 7 nitrogen and oxygen atoms in total. The molecule has 27 heavy (non-hydrogen) atoms. The lowest BCUT2D eigenvalue weighted by atomic mass is 9.99. The number of fused-ring (bicyclic) bond motifs is 1. The van der Waals surface area contributed by atoms with Crippen molar-refractivity contribution in [2.75, 3.05) is 20.2 Å². The van der Waals surface area contributed by atoms with Crippen LogP contribution in [-0.4, -0.2) is 48.1 Å². The molecule has 0 amide bonds. The van der Waals surface area contributed by atoms with E-state index in [1.54, 1.807) is 21.0 Å². The van der Waals surface area contributed by atoms with E-state index >= 15 is 0 Å². The first-order valence-corrected chi connectivity index (χ1v) is 10.2. The minimum Gasteiger partial charge on any atom is -0.497 e. The number of aromatic nitrogens is 3. The van der Waals surface area contributed by atoms with Gasteiger partial charge in [0, 0.05) is 35.8 Å². The molecular formula is C19H22N4O3S. The molecule has 0 radical (unpaired) electrons. The number of H-pyrrole nitrogens is 2. The highest BCUT2D eigenvalue weighted by molar-refractivity contribution is 7.89. The van der Waals surface area contributed by atoms with E-state index in [0.717, 1.165) is 27.8 Å². The predicted molar refractivity (Wildman–Crippen MR) is 104 cm³/mol. The molecule has 1 aliphatic rings. The van der Waals surface area contributed by atoms with Gasteiger partial charge in [-0.05, 0) is 44.0 Å². The van der Waals surface area contributed by atoms with Crippen LogP contribution in [0, 0.1) is 13.8 Å². The molecule has 0 saturated heterocycles. The molecule has 0 spiro atoms. The van der Waals surface area contributed by atoms with Gasteiger partial charge in [-0.15, -0.1) is 0 Å². The molecule has 2 N–H and O–H groups in total. The molecule has 0 fully saturated rings. The van der Waals surface area contributed by atoms with Crippen LogP contribution in [0.15, 0.2) is 35.4 Å². The number of nitrogens with one attached hydrogen (secondary N) is 2. The van der Waals surface area contributed by atoms with Gasteiger partial charge in [0.25, 0.3) is 0 Å². The van der Waals surface area contributed by atoms with Crippen molar-refractivity contribution in [3.05, 3.63) is 47.4 Å². The molecule has 0 aliphatic carbocycles. The average Bonchev–Trinajstić information content (AvgIpc) is 3.24. The Kier molecular flexibility index (Phi) is 4.32. The van der Waals surface area contributed by atoms with Gasteiger partial charge in [-0.3, -0.25) is 5.10 Å². The lowest BCUT2D eigenvalue weighted by Crippen LogP contribution is -2.35. The van der Waals surface area contributed by atoms with Crippen molar-refractivity contribution in [3.63, 3.8) is 0 Å². The Hall–Kier alpha value is -2.58. The third-order valence-electron chi connectivity index (χ3n) is 5.07. The Bertz CT molecular complexity index is 1120. The van der Waals surface area contributed by atoms with Crippen molar-refractivity contribution in [3.8, 4) is 5.75 Å². The maximum atomic E-state index is 13.0. The van der Waals surface area contributed by atoms with Crippen LogP contribution in [0.3, 0.4) is 0 Å². The van der Waals surface area contributed by atoms with E-state index < -0.39 is 10.0 Å². The summed E-state index contributed by atoms with van der Waals surface area (Å²) in [4.78, 5) is 3.56. The Morgan fingerprint density at radius 3 is 2.70 bits per heavy atom. The van der Waals surface area contributed by atoms with Gasteiger partial charge in [0.05, 0.1) is 18.5 Å². The number of aryl methyl sites for hydroxylation is 2. The molecule has 1 aliphatic heterocycles. The fourth-order valence-electron chi connectivity index (χ4n) is 3.66. The molecule has 0 saturated carbocycles. The van der Waals surface area contributed by atoms with Gasteiger partial charge in [-0.2, -0.15) is 9.40 Å². The normalized spacial score (nSPS) is 15.9. The number of nitrogens with zero attached hydrogens (tertiary/aromatic N) is 2. The molecule has 0 atom stereocenters. The average molecular weight is 386 g/mol. The molecule has 1 aromatic carbocycles. The number of ether oxygens (including phenoxy) is 1. The van der Waals surface area contributed by atoms with Crippen LogP contribution < -0.4 is 4.74 Å². The SMILES string of the molecule is COc1ccc2[nH]cc(C3=CCN(S(=O)(=O)c4c(C)n[nH]c4C)CC3)c2c1. The maximum absolute atomic E-state index is 13.0. The highest BCUT2D eigenvalue weighted by Gasteiger charge is 2.31. The van der Waals surface area contributed by atoms with Crippen molar-refractivity contribution in [1.82, 2.24) is 19.5 Å². The standard InChI is InChI=1S/C19H22N4O3S/c1-12-19(13(2)22-21-12)27(24,25)23-8-6-14(7-9-23)17-11-20-18-5-4-15(26-3)10-16(17)18/h4-6,10-11,20H,7-9H2,1-3H3,(H,21,22). The molecule has 3 aromatic rings. The van der Waals surface area contributed by atoms with E-state index in [-0.39, 0.29) is 4.90 Å². The van der Waals surface area contributed by atoms with Crippen molar-refractivity contribution in [2.45, 2.75) is 25.2 Å². The fraction of sp³-hybridized carbons (Fsp3) is 0.316. The van der Waals surface area contributed by atoms with E-state index in [2.05, 4.69) is 15.2 Å². The van der Waals surface area contributed by atoms with Crippen LogP contribution in [0.2, 0.25) is 0 Å². The molecule has 142 valence electrons. The highest BCUT2D eigenvalue weighted by atomic mass is 32.2. The second-order valence-corrected chi connectivity index (χ2v) is 8.59. The number of aromatic amines is 2. The van der Waals surface area contributed by atoms with Crippen LogP contribution in [0.25, 0.3) is 16.5 Å². The number of rotatable bonds is 4. The third-order valence-corrected chi connectivity index (χ3v) is 7.19. The van der Waals surface area contributed by atoms with Crippen molar-refractivity contribution in [1.29, 1.82) is 0 Å². The van der Waals surface area contributed by atoms with Gasteiger partial charge < -0.3 is 9.72 Å². The van der Waals surface area contributed by atoms with Crippen LogP contribution in [-0.2, 0) is 10.0 Å². The van der Waals surface area contributed by atoms with Crippen LogP contribution >= 0.6 is 0 Å². The van der Waals surface area contributed by atoms with Crippen molar-refractivity contribution >= 4 is 26.5 Å². The van der Waals surface area contributed by atoms with Crippen LogP contribution in [0.5, 0.6) is 5.75 Å². The van der Waals surface area contributed by atoms with Gasteiger partial charge in [-0.1, -0.05) is 6.08 Å². The lowest BCUT2D eigenvalue weighted by Gasteiger charge is -2.26. The highest BCUT2D eigenvalue weighted by Crippen LogP contribution is 2.33. The smallest absolute Gasteiger partial charge is 0.247 e. The van der Waals surface area contributed by atoms with Gasteiger partial charge in [-0.25, -0.2) is 8.42 Å². The van der Waals surface area contributed by atoms with E-state index in [4.69, 9.17) is 4.74 Å². The number of benzene rings is 1. The first-order valence-electron chi connectivity index (χ1n) is 8.78. The Morgan fingerprint density at radius 2 is 2.07 bits per heavy atom. The Labute approximate surface area is 158 Å². The summed E-state index contributed by atoms with van der Waals surface area (Å²) in [5, 5.41) is 7.86. The summed E-state index contributed by atoms with van der Waals surface area (Å²) in [6, 6.07) is 5.91. The zero-order valence-electron chi connectivity index (χ0n) is 15.5. The third kappa shape index (κ3) is 2.94. The summed E-state index contributed by atoms with van der Waals surface area (Å²) in [6.07, 6.45) is 4.62. The van der Waals surface area contributed by atoms with Crippen LogP contribution in [0.1, 0.15) is 23.4 Å². The Balaban J connectivity index is 1.64. The monoisotopic (exact) mass is 386 g/mol. The molecule has 8 heteroatoms. The van der Waals surface area contributed by atoms with Gasteiger partial charge >= 0.3 is 0 Å². The second kappa shape index (κ2) is 6.54. The van der Waals surface area contributed by atoms with E-state index in [1.165, 1.54) is 4.31 Å². The molecule has 2 aromatic heterocycles. The van der Waals surface area contributed by atoms with Crippen molar-refractivity contribution in [2.24, 2.45) is 0 Å². The number of methoxy groups -OCH3 is 1. The summed E-state index contributed by atoms with van der Waals surface area (Å²) in [5.74, 6) is 0.801. The molecule has 0 bridgehead atoms. The summed E-state index contributed by atoms with van der Waals surface area (Å²) in [7, 11) is -1.91. The largest absolute Gasteiger partial charge is 0.497 e. The minimum absolute atomic E-state index is 0.288. The molecule has 0 unspecified atom stereocenters. The summed E-state index contributed by atoms with van der Waals surface area (Å²) >= 11 is 0. The van der Waals surface area contributed by atoms with Gasteiger partial charge in [0.2, 0.25) is 10.0 Å². The molecular weight excluding hydrogens is 364 g/mol. The zero-order chi connectivity index (χ0) is 19.2. The van der Waals surface area contributed by atoms with Gasteiger partial charge in [0.15, 0.2) is 0 Å². The summed E-state index contributed by atoms with van der Waals surface area (Å²) in [5.41, 5.74) is 4.35. The Morgan fingerprint density at radius 1 is 1.26 bits per heavy atom. The molecule has 4 rings (SSSR count). The van der Waals surface area contributed by atoms with E-state index in [0.29, 0.717) is 30.9 Å². The van der Waals surface area contributed by atoms with Gasteiger partial charge in [0.1, 0.15) is 10.6 Å². The fourth-order valence-corrected chi connectivity index (χ4v) is 5.37. The number of hydrogen-bond acceptors (Lipinski definition) is 4. The number of sulfonamides is 1. The first kappa shape index (κ1) is 17.8. The minimum atomic E-state index is -3.56. The topological polar surface area (TPSA) is 91.1 Å². The zero-order valence-corrected chi connectivity index (χ0v) is 16.4. The second-order valence-electron chi connectivity index (χ2n) is 6.72. The molecule has 3 heterocycles. The summed E-state index contributed by atoms with van der Waals surface area (Å²) < 4.78 is 32.8. The lowest BCUT2D eigenvalue weighted by molar-refractivity contribution is 0.415. The first-order chi connectivity index (χ1) is 12.9. The van der Waals surface area contributed by atoms with E-state index in [9.17, 15) is 8.42 Å². The quantitative estimate of drug-likeness (QED) is 0.721. The summed E-state index contributed by atoms with van der Waals surface area (Å²) in [6.45, 7) is 4.23.